The maximum atomic E-state index is 12.4. The zero-order valence-electron chi connectivity index (χ0n) is 12.9. The van der Waals surface area contributed by atoms with Crippen molar-refractivity contribution in [2.45, 2.75) is 10.9 Å². The first-order chi connectivity index (χ1) is 12.0. The lowest BCUT2D eigenvalue weighted by molar-refractivity contribution is 0.0937. The lowest BCUT2D eigenvalue weighted by Gasteiger charge is -2.15. The Hall–Kier alpha value is -2.72. The van der Waals surface area contributed by atoms with Gasteiger partial charge in [-0.25, -0.2) is 13.1 Å². The summed E-state index contributed by atoms with van der Waals surface area (Å²) in [6.45, 7) is 0.413. The minimum atomic E-state index is -3.75. The van der Waals surface area contributed by atoms with E-state index in [-0.39, 0.29) is 42.1 Å². The third-order valence-corrected chi connectivity index (χ3v) is 5.32. The van der Waals surface area contributed by atoms with Crippen molar-refractivity contribution in [3.63, 3.8) is 0 Å². The van der Waals surface area contributed by atoms with Crippen LogP contribution in [0.15, 0.2) is 35.2 Å². The van der Waals surface area contributed by atoms with Gasteiger partial charge in [0.2, 0.25) is 10.0 Å². The number of para-hydroxylation sites is 1. The van der Waals surface area contributed by atoms with Gasteiger partial charge in [-0.05, 0) is 18.2 Å². The summed E-state index contributed by atoms with van der Waals surface area (Å²) in [6, 6.07) is 7.56. The summed E-state index contributed by atoms with van der Waals surface area (Å²) in [6.07, 6.45) is 0. The van der Waals surface area contributed by atoms with Gasteiger partial charge in [0.15, 0.2) is 0 Å². The quantitative estimate of drug-likeness (QED) is 0.733. The van der Waals surface area contributed by atoms with Crippen LogP contribution in [0.4, 0.5) is 0 Å². The smallest absolute Gasteiger partial charge is 0.255 e. The molecule has 1 atom stereocenters. The number of fused-ring (bicyclic) bond motifs is 2. The molecule has 2 aliphatic heterocycles. The van der Waals surface area contributed by atoms with Crippen LogP contribution in [0.5, 0.6) is 11.6 Å². The Morgan fingerprint density at radius 1 is 1.16 bits per heavy atom. The summed E-state index contributed by atoms with van der Waals surface area (Å²) in [7, 11) is -3.75. The van der Waals surface area contributed by atoms with E-state index in [2.05, 4.69) is 20.2 Å². The molecule has 0 fully saturated rings. The van der Waals surface area contributed by atoms with Crippen molar-refractivity contribution < 1.29 is 22.7 Å². The van der Waals surface area contributed by atoms with Gasteiger partial charge in [0.1, 0.15) is 29.9 Å². The fourth-order valence-corrected chi connectivity index (χ4v) is 3.74. The number of ether oxygens (including phenoxy) is 2. The SMILES string of the molecule is O=C1NC(c2cc3c(nn2)OCCNS3(=O)=O)COc2ccccc21. The summed E-state index contributed by atoms with van der Waals surface area (Å²) in [5.74, 6) is 0.0767. The largest absolute Gasteiger partial charge is 0.490 e. The molecule has 0 saturated heterocycles. The average molecular weight is 362 g/mol. The zero-order valence-corrected chi connectivity index (χ0v) is 13.7. The maximum Gasteiger partial charge on any atom is 0.255 e. The van der Waals surface area contributed by atoms with Gasteiger partial charge >= 0.3 is 0 Å². The minimum Gasteiger partial charge on any atom is -0.490 e. The predicted molar refractivity (Wildman–Crippen MR) is 84.9 cm³/mol. The molecule has 0 bridgehead atoms. The molecule has 0 spiro atoms. The lowest BCUT2D eigenvalue weighted by Crippen LogP contribution is -2.31. The Morgan fingerprint density at radius 3 is 2.88 bits per heavy atom. The molecule has 25 heavy (non-hydrogen) atoms. The van der Waals surface area contributed by atoms with Crippen LogP contribution in [0.1, 0.15) is 22.1 Å². The number of sulfonamides is 1. The minimum absolute atomic E-state index is 0.0575. The first-order valence-corrected chi connectivity index (χ1v) is 9.06. The van der Waals surface area contributed by atoms with E-state index in [1.165, 1.54) is 6.07 Å². The van der Waals surface area contributed by atoms with Crippen LogP contribution in [-0.2, 0) is 10.0 Å². The fourth-order valence-electron chi connectivity index (χ4n) is 2.63. The number of nitrogens with zero attached hydrogens (tertiary/aromatic N) is 2. The summed E-state index contributed by atoms with van der Waals surface area (Å²) in [4.78, 5) is 12.3. The van der Waals surface area contributed by atoms with Gasteiger partial charge in [-0.2, -0.15) is 0 Å². The molecule has 0 aliphatic carbocycles. The van der Waals surface area contributed by atoms with E-state index in [4.69, 9.17) is 9.47 Å². The molecule has 2 aliphatic rings. The molecule has 9 nitrogen and oxygen atoms in total. The Morgan fingerprint density at radius 2 is 2.00 bits per heavy atom. The summed E-state index contributed by atoms with van der Waals surface area (Å²) in [5, 5.41) is 10.6. The molecule has 3 heterocycles. The number of nitrogens with one attached hydrogen (secondary N) is 2. The van der Waals surface area contributed by atoms with Crippen molar-refractivity contribution >= 4 is 15.9 Å². The van der Waals surface area contributed by atoms with Crippen molar-refractivity contribution in [2.75, 3.05) is 19.8 Å². The second kappa shape index (κ2) is 5.97. The average Bonchev–Trinajstić information content (AvgIpc) is 2.87. The maximum absolute atomic E-state index is 12.4. The second-order valence-electron chi connectivity index (χ2n) is 5.52. The summed E-state index contributed by atoms with van der Waals surface area (Å²) >= 11 is 0. The molecule has 0 saturated carbocycles. The highest BCUT2D eigenvalue weighted by molar-refractivity contribution is 7.89. The van der Waals surface area contributed by atoms with E-state index in [1.807, 2.05) is 0 Å². The van der Waals surface area contributed by atoms with Crippen LogP contribution in [0.3, 0.4) is 0 Å². The van der Waals surface area contributed by atoms with Gasteiger partial charge in [0.05, 0.1) is 11.3 Å². The second-order valence-corrected chi connectivity index (χ2v) is 7.25. The number of hydrogen-bond acceptors (Lipinski definition) is 7. The molecule has 130 valence electrons. The lowest BCUT2D eigenvalue weighted by atomic mass is 10.1. The molecule has 1 aromatic carbocycles. The molecule has 4 rings (SSSR count). The zero-order chi connectivity index (χ0) is 17.4. The van der Waals surface area contributed by atoms with E-state index >= 15 is 0 Å². The van der Waals surface area contributed by atoms with Crippen molar-refractivity contribution in [1.82, 2.24) is 20.2 Å². The van der Waals surface area contributed by atoms with Gasteiger partial charge in [-0.1, -0.05) is 12.1 Å². The van der Waals surface area contributed by atoms with Gasteiger partial charge in [0, 0.05) is 6.54 Å². The monoisotopic (exact) mass is 362 g/mol. The van der Waals surface area contributed by atoms with E-state index in [9.17, 15) is 13.2 Å². The van der Waals surface area contributed by atoms with E-state index < -0.39 is 16.1 Å². The third-order valence-electron chi connectivity index (χ3n) is 3.87. The van der Waals surface area contributed by atoms with Crippen LogP contribution in [-0.4, -0.2) is 44.3 Å². The van der Waals surface area contributed by atoms with E-state index in [0.29, 0.717) is 11.3 Å². The van der Waals surface area contributed by atoms with Crippen molar-refractivity contribution in [2.24, 2.45) is 0 Å². The van der Waals surface area contributed by atoms with Gasteiger partial charge in [-0.15, -0.1) is 10.2 Å². The number of aromatic nitrogens is 2. The molecule has 0 radical (unpaired) electrons. The van der Waals surface area contributed by atoms with E-state index in [0.717, 1.165) is 0 Å². The number of hydrogen-bond donors (Lipinski definition) is 2. The number of benzene rings is 1. The van der Waals surface area contributed by atoms with Crippen molar-refractivity contribution in [3.05, 3.63) is 41.6 Å². The third kappa shape index (κ3) is 2.89. The first-order valence-electron chi connectivity index (χ1n) is 7.57. The molecule has 1 aromatic heterocycles. The van der Waals surface area contributed by atoms with Gasteiger partial charge in [-0.3, -0.25) is 4.79 Å². The van der Waals surface area contributed by atoms with Crippen molar-refractivity contribution in [3.8, 4) is 11.6 Å². The van der Waals surface area contributed by atoms with Gasteiger partial charge in [0.25, 0.3) is 11.8 Å². The van der Waals surface area contributed by atoms with E-state index in [1.54, 1.807) is 24.3 Å². The number of rotatable bonds is 1. The Labute approximate surface area is 143 Å². The Kier molecular flexibility index (Phi) is 3.77. The summed E-state index contributed by atoms with van der Waals surface area (Å²) < 4.78 is 37.9. The van der Waals surface area contributed by atoms with Crippen LogP contribution in [0, 0.1) is 0 Å². The highest BCUT2D eigenvalue weighted by Crippen LogP contribution is 2.28. The standard InChI is InChI=1S/C15H14N4O5S/c20-14-9-3-1-2-4-12(9)24-8-11(17-14)10-7-13-15(19-18-10)23-6-5-16-25(13,21)22/h1-4,7,11,16H,5-6,8H2,(H,17,20). The van der Waals surface area contributed by atoms with Crippen LogP contribution < -0.4 is 19.5 Å². The topological polar surface area (TPSA) is 120 Å². The highest BCUT2D eigenvalue weighted by atomic mass is 32.2. The van der Waals surface area contributed by atoms with Crippen LogP contribution in [0.2, 0.25) is 0 Å². The van der Waals surface area contributed by atoms with Crippen LogP contribution in [0.25, 0.3) is 0 Å². The predicted octanol–water partition coefficient (Wildman–Crippen LogP) is 0.0108. The van der Waals surface area contributed by atoms with Crippen LogP contribution >= 0.6 is 0 Å². The van der Waals surface area contributed by atoms with Gasteiger partial charge < -0.3 is 14.8 Å². The molecule has 1 amide bonds. The normalized spacial score (nSPS) is 21.4. The summed E-state index contributed by atoms with van der Waals surface area (Å²) in [5.41, 5.74) is 0.682. The number of amides is 1. The van der Waals surface area contributed by atoms with Crippen molar-refractivity contribution in [1.29, 1.82) is 0 Å². The molecule has 2 aromatic rings. The molecule has 2 N–H and O–H groups in total. The first kappa shape index (κ1) is 15.8. The molecule has 1 unspecified atom stereocenters. The highest BCUT2D eigenvalue weighted by Gasteiger charge is 2.29. The molecular weight excluding hydrogens is 348 g/mol. The number of carbonyl (C=O) groups excluding carboxylic acids is 1. The fraction of sp³-hybridized carbons (Fsp3) is 0.267. The molecule has 10 heteroatoms. The Balaban J connectivity index is 1.70. The molecular formula is C15H14N4O5S. The Bertz CT molecular complexity index is 947. The number of carbonyl (C=O) groups is 1.